The number of halogens is 1. The van der Waals surface area contributed by atoms with Crippen LogP contribution in [0.3, 0.4) is 0 Å². The molecule has 1 aromatic heterocycles. The van der Waals surface area contributed by atoms with Gasteiger partial charge in [0.25, 0.3) is 0 Å². The van der Waals surface area contributed by atoms with Crippen molar-refractivity contribution >= 4 is 52.9 Å². The number of para-hydroxylation sites is 1. The van der Waals surface area contributed by atoms with E-state index in [0.29, 0.717) is 19.0 Å². The van der Waals surface area contributed by atoms with Crippen molar-refractivity contribution in [2.45, 2.75) is 38.8 Å². The van der Waals surface area contributed by atoms with Gasteiger partial charge in [0.05, 0.1) is 6.54 Å². The van der Waals surface area contributed by atoms with Crippen molar-refractivity contribution in [2.75, 3.05) is 37.6 Å². The number of fused-ring (bicyclic) bond motifs is 1. The maximum atomic E-state index is 12.6. The summed E-state index contributed by atoms with van der Waals surface area (Å²) < 4.78 is 0. The highest BCUT2D eigenvalue weighted by Gasteiger charge is 2.24. The first kappa shape index (κ1) is 23.8. The molecule has 1 amide bonds. The van der Waals surface area contributed by atoms with Gasteiger partial charge in [-0.15, -0.1) is 35.3 Å². The van der Waals surface area contributed by atoms with Crippen molar-refractivity contribution in [2.24, 2.45) is 4.99 Å². The van der Waals surface area contributed by atoms with Gasteiger partial charge in [-0.25, -0.2) is 0 Å². The third-order valence-corrected chi connectivity index (χ3v) is 6.77. The molecule has 0 aliphatic carbocycles. The van der Waals surface area contributed by atoms with Crippen LogP contribution in [0.5, 0.6) is 0 Å². The first-order valence-corrected chi connectivity index (χ1v) is 11.8. The van der Waals surface area contributed by atoms with Gasteiger partial charge in [-0.3, -0.25) is 9.79 Å². The number of aliphatic imine (C=N–C) groups is 1. The molecule has 2 N–H and O–H groups in total. The van der Waals surface area contributed by atoms with E-state index in [1.165, 1.54) is 16.1 Å². The third-order valence-electron chi connectivity index (χ3n) is 5.75. The van der Waals surface area contributed by atoms with E-state index in [1.807, 2.05) is 4.90 Å². The predicted molar refractivity (Wildman–Crippen MR) is 140 cm³/mol. The van der Waals surface area contributed by atoms with E-state index >= 15 is 0 Å². The first-order chi connectivity index (χ1) is 14.7. The zero-order valence-corrected chi connectivity index (χ0v) is 21.2. The summed E-state index contributed by atoms with van der Waals surface area (Å²) in [5.41, 5.74) is 2.58. The van der Waals surface area contributed by atoms with Crippen LogP contribution in [0.25, 0.3) is 0 Å². The molecule has 6 nitrogen and oxygen atoms in total. The second-order valence-electron chi connectivity index (χ2n) is 7.86. The SMILES string of the molecule is CCNC(=NCCC(=O)N1CCc2sccc2C1)NC1CCN(c2ccccc2)C1.I. The number of carbonyl (C=O) groups is 1. The lowest BCUT2D eigenvalue weighted by Crippen LogP contribution is -2.44. The molecule has 31 heavy (non-hydrogen) atoms. The van der Waals surface area contributed by atoms with Crippen molar-refractivity contribution in [3.05, 3.63) is 52.2 Å². The Balaban J connectivity index is 0.00000272. The van der Waals surface area contributed by atoms with Crippen LogP contribution >= 0.6 is 35.3 Å². The Morgan fingerprint density at radius 2 is 2.06 bits per heavy atom. The molecule has 8 heteroatoms. The second-order valence-corrected chi connectivity index (χ2v) is 8.86. The Bertz CT molecular complexity index is 872. The molecule has 2 aliphatic rings. The molecule has 0 spiro atoms. The zero-order chi connectivity index (χ0) is 20.8. The fourth-order valence-corrected chi connectivity index (χ4v) is 5.04. The summed E-state index contributed by atoms with van der Waals surface area (Å²) >= 11 is 1.80. The Labute approximate surface area is 206 Å². The highest BCUT2D eigenvalue weighted by atomic mass is 127. The van der Waals surface area contributed by atoms with E-state index < -0.39 is 0 Å². The maximum absolute atomic E-state index is 12.6. The molecule has 3 heterocycles. The second kappa shape index (κ2) is 11.7. The molecule has 1 saturated heterocycles. The van der Waals surface area contributed by atoms with Crippen LogP contribution in [0.2, 0.25) is 0 Å². The maximum Gasteiger partial charge on any atom is 0.224 e. The van der Waals surface area contributed by atoms with Gasteiger partial charge >= 0.3 is 0 Å². The highest BCUT2D eigenvalue weighted by molar-refractivity contribution is 14.0. The quantitative estimate of drug-likeness (QED) is 0.327. The summed E-state index contributed by atoms with van der Waals surface area (Å²) in [6.07, 6.45) is 2.51. The largest absolute Gasteiger partial charge is 0.369 e. The number of rotatable bonds is 6. The third kappa shape index (κ3) is 6.35. The Hall–Kier alpha value is -1.81. The normalized spacial score (nSPS) is 18.4. The van der Waals surface area contributed by atoms with Crippen LogP contribution in [0.15, 0.2) is 46.8 Å². The number of anilines is 1. The Kier molecular flexibility index (Phi) is 9.01. The van der Waals surface area contributed by atoms with Gasteiger partial charge in [-0.05, 0) is 48.9 Å². The molecular formula is C23H32IN5OS. The van der Waals surface area contributed by atoms with Crippen LogP contribution < -0.4 is 15.5 Å². The van der Waals surface area contributed by atoms with Gasteiger partial charge in [0.15, 0.2) is 5.96 Å². The minimum Gasteiger partial charge on any atom is -0.369 e. The van der Waals surface area contributed by atoms with E-state index in [4.69, 9.17) is 0 Å². The van der Waals surface area contributed by atoms with E-state index in [2.05, 4.69) is 69.2 Å². The summed E-state index contributed by atoms with van der Waals surface area (Å²) in [5.74, 6) is 1.01. The molecule has 168 valence electrons. The lowest BCUT2D eigenvalue weighted by Gasteiger charge is -2.27. The van der Waals surface area contributed by atoms with E-state index in [1.54, 1.807) is 11.3 Å². The van der Waals surface area contributed by atoms with Crippen LogP contribution in [0.1, 0.15) is 30.2 Å². The monoisotopic (exact) mass is 553 g/mol. The number of thiophene rings is 1. The van der Waals surface area contributed by atoms with Crippen LogP contribution in [0, 0.1) is 0 Å². The topological polar surface area (TPSA) is 60.0 Å². The molecule has 1 unspecified atom stereocenters. The lowest BCUT2D eigenvalue weighted by molar-refractivity contribution is -0.131. The van der Waals surface area contributed by atoms with E-state index in [-0.39, 0.29) is 29.9 Å². The number of carbonyl (C=O) groups excluding carboxylic acids is 1. The number of nitrogens with zero attached hydrogens (tertiary/aromatic N) is 3. The van der Waals surface area contributed by atoms with Crippen LogP contribution in [-0.4, -0.2) is 55.5 Å². The standard InChI is InChI=1S/C23H31N5OS.HI/c1-2-24-23(26-19-9-13-27(17-19)20-6-4-3-5-7-20)25-12-8-22(29)28-14-10-21-18(16-28)11-15-30-21;/h3-7,11,15,19H,2,8-10,12-14,16-17H2,1H3,(H2,24,25,26);1H. The molecule has 4 rings (SSSR count). The van der Waals surface area contributed by atoms with Crippen molar-refractivity contribution in [3.63, 3.8) is 0 Å². The fourth-order valence-electron chi connectivity index (χ4n) is 4.15. The zero-order valence-electron chi connectivity index (χ0n) is 18.0. The van der Waals surface area contributed by atoms with Crippen molar-refractivity contribution in [1.29, 1.82) is 0 Å². The number of benzene rings is 1. The molecule has 1 fully saturated rings. The lowest BCUT2D eigenvalue weighted by atomic mass is 10.1. The minimum atomic E-state index is 0. The van der Waals surface area contributed by atoms with Crippen LogP contribution in [0.4, 0.5) is 5.69 Å². The van der Waals surface area contributed by atoms with Gasteiger partial charge in [-0.2, -0.15) is 0 Å². The van der Waals surface area contributed by atoms with Crippen LogP contribution in [-0.2, 0) is 17.8 Å². The summed E-state index contributed by atoms with van der Waals surface area (Å²) in [4.78, 5) is 23.1. The average Bonchev–Trinajstić information content (AvgIpc) is 3.43. The summed E-state index contributed by atoms with van der Waals surface area (Å²) in [6.45, 7) is 6.96. The molecule has 0 radical (unpaired) electrons. The molecule has 0 saturated carbocycles. The first-order valence-electron chi connectivity index (χ1n) is 10.9. The highest BCUT2D eigenvalue weighted by Crippen LogP contribution is 2.24. The summed E-state index contributed by atoms with van der Waals surface area (Å²) in [7, 11) is 0. The van der Waals surface area contributed by atoms with Crippen molar-refractivity contribution in [3.8, 4) is 0 Å². The average molecular weight is 554 g/mol. The fraction of sp³-hybridized carbons (Fsp3) is 0.478. The number of nitrogens with one attached hydrogen (secondary N) is 2. The Morgan fingerprint density at radius 1 is 1.23 bits per heavy atom. The predicted octanol–water partition coefficient (Wildman–Crippen LogP) is 3.47. The van der Waals surface area contributed by atoms with Gasteiger partial charge in [0, 0.05) is 55.8 Å². The Morgan fingerprint density at radius 3 is 2.87 bits per heavy atom. The van der Waals surface area contributed by atoms with Gasteiger partial charge < -0.3 is 20.4 Å². The molecule has 2 aliphatic heterocycles. The number of hydrogen-bond donors (Lipinski definition) is 2. The van der Waals surface area contributed by atoms with Gasteiger partial charge in [0.2, 0.25) is 5.91 Å². The van der Waals surface area contributed by atoms with E-state index in [9.17, 15) is 4.79 Å². The summed E-state index contributed by atoms with van der Waals surface area (Å²) in [6, 6.07) is 13.0. The van der Waals surface area contributed by atoms with Gasteiger partial charge in [-0.1, -0.05) is 18.2 Å². The number of guanidine groups is 1. The number of amides is 1. The minimum absolute atomic E-state index is 0. The molecule has 0 bridgehead atoms. The molecule has 2 aromatic rings. The van der Waals surface area contributed by atoms with Crippen molar-refractivity contribution < 1.29 is 4.79 Å². The molecular weight excluding hydrogens is 521 g/mol. The molecule has 1 atom stereocenters. The smallest absolute Gasteiger partial charge is 0.224 e. The molecule has 1 aromatic carbocycles. The van der Waals surface area contributed by atoms with Gasteiger partial charge in [0.1, 0.15) is 0 Å². The van der Waals surface area contributed by atoms with E-state index in [0.717, 1.165) is 51.5 Å². The number of hydrogen-bond acceptors (Lipinski definition) is 4. The summed E-state index contributed by atoms with van der Waals surface area (Å²) in [5, 5.41) is 9.00. The van der Waals surface area contributed by atoms with Crippen molar-refractivity contribution in [1.82, 2.24) is 15.5 Å².